The number of sulfonamides is 1. The fourth-order valence-corrected chi connectivity index (χ4v) is 3.93. The van der Waals surface area contributed by atoms with Crippen LogP contribution in [0.5, 0.6) is 0 Å². The maximum absolute atomic E-state index is 12.5. The third kappa shape index (κ3) is 3.56. The van der Waals surface area contributed by atoms with E-state index in [1.165, 1.54) is 4.31 Å². The number of hydrogen-bond donors (Lipinski definition) is 1. The highest BCUT2D eigenvalue weighted by molar-refractivity contribution is 7.89. The number of benzene rings is 1. The summed E-state index contributed by atoms with van der Waals surface area (Å²) in [6, 6.07) is 3.51. The van der Waals surface area contributed by atoms with Gasteiger partial charge in [0.25, 0.3) is 0 Å². The SMILES string of the molecule is O=S(=O)(c1ccc(C(F)(F)F)cc1)N1CCC(CCO)C1. The van der Waals surface area contributed by atoms with Crippen LogP contribution in [-0.2, 0) is 16.2 Å². The van der Waals surface area contributed by atoms with Crippen LogP contribution >= 0.6 is 0 Å². The third-order valence-corrected chi connectivity index (χ3v) is 5.48. The van der Waals surface area contributed by atoms with Crippen LogP contribution in [0.1, 0.15) is 18.4 Å². The number of aliphatic hydroxyl groups excluding tert-OH is 1. The molecule has 0 aliphatic carbocycles. The molecule has 1 aliphatic rings. The van der Waals surface area contributed by atoms with Crippen molar-refractivity contribution in [1.29, 1.82) is 0 Å². The number of aliphatic hydroxyl groups is 1. The maximum atomic E-state index is 12.5. The summed E-state index contributed by atoms with van der Waals surface area (Å²) in [6.07, 6.45) is -3.30. The van der Waals surface area contributed by atoms with Crippen LogP contribution < -0.4 is 0 Å². The van der Waals surface area contributed by atoms with Gasteiger partial charge >= 0.3 is 6.18 Å². The fourth-order valence-electron chi connectivity index (χ4n) is 2.40. The lowest BCUT2D eigenvalue weighted by Crippen LogP contribution is -2.29. The fraction of sp³-hybridized carbons (Fsp3) is 0.538. The normalized spacial score (nSPS) is 20.9. The predicted octanol–water partition coefficient (Wildman–Crippen LogP) is 2.10. The first-order valence-corrected chi connectivity index (χ1v) is 7.97. The maximum Gasteiger partial charge on any atom is 0.416 e. The molecule has 0 saturated carbocycles. The van der Waals surface area contributed by atoms with Gasteiger partial charge in [-0.1, -0.05) is 0 Å². The Morgan fingerprint density at radius 3 is 2.38 bits per heavy atom. The monoisotopic (exact) mass is 323 g/mol. The highest BCUT2D eigenvalue weighted by Gasteiger charge is 2.34. The van der Waals surface area contributed by atoms with Gasteiger partial charge in [0.1, 0.15) is 0 Å². The summed E-state index contributed by atoms with van der Waals surface area (Å²) in [5, 5.41) is 8.87. The van der Waals surface area contributed by atoms with Gasteiger partial charge in [-0.3, -0.25) is 0 Å². The molecule has 0 aromatic heterocycles. The average Bonchev–Trinajstić information content (AvgIpc) is 2.88. The predicted molar refractivity (Wildman–Crippen MR) is 70.0 cm³/mol. The van der Waals surface area contributed by atoms with E-state index in [1.807, 2.05) is 0 Å². The molecule has 0 spiro atoms. The van der Waals surface area contributed by atoms with Crippen molar-refractivity contribution in [3.63, 3.8) is 0 Å². The summed E-state index contributed by atoms with van der Waals surface area (Å²) in [6.45, 7) is 0.622. The lowest BCUT2D eigenvalue weighted by Gasteiger charge is -2.17. The van der Waals surface area contributed by atoms with Crippen molar-refractivity contribution in [2.75, 3.05) is 19.7 Å². The molecule has 8 heteroatoms. The molecule has 1 fully saturated rings. The van der Waals surface area contributed by atoms with Gasteiger partial charge in [0.05, 0.1) is 10.5 Å². The van der Waals surface area contributed by atoms with Crippen molar-refractivity contribution in [1.82, 2.24) is 4.31 Å². The lowest BCUT2D eigenvalue weighted by atomic mass is 10.1. The molecule has 1 aliphatic heterocycles. The van der Waals surface area contributed by atoms with Crippen LogP contribution in [0.2, 0.25) is 0 Å². The van der Waals surface area contributed by atoms with E-state index >= 15 is 0 Å². The van der Waals surface area contributed by atoms with Gasteiger partial charge < -0.3 is 5.11 Å². The van der Waals surface area contributed by atoms with E-state index in [4.69, 9.17) is 5.11 Å². The van der Waals surface area contributed by atoms with Gasteiger partial charge in [-0.15, -0.1) is 0 Å². The Hall–Kier alpha value is -1.12. The van der Waals surface area contributed by atoms with Crippen molar-refractivity contribution < 1.29 is 26.7 Å². The number of hydrogen-bond acceptors (Lipinski definition) is 3. The Morgan fingerprint density at radius 2 is 1.86 bits per heavy atom. The summed E-state index contributed by atoms with van der Waals surface area (Å²) in [5.74, 6) is 0.0965. The highest BCUT2D eigenvalue weighted by Crippen LogP contribution is 2.31. The second-order valence-corrected chi connectivity index (χ2v) is 6.99. The summed E-state index contributed by atoms with van der Waals surface area (Å²) in [5.41, 5.74) is -0.874. The molecule has 1 aromatic rings. The standard InChI is InChI=1S/C13H16F3NO3S/c14-13(15,16)11-1-3-12(4-2-11)21(19,20)17-7-5-10(9-17)6-8-18/h1-4,10,18H,5-9H2. The Kier molecular flexibility index (Phi) is 4.60. The Bertz CT molecular complexity index is 584. The van der Waals surface area contributed by atoms with E-state index in [9.17, 15) is 21.6 Å². The Labute approximate surface area is 121 Å². The third-order valence-electron chi connectivity index (χ3n) is 3.61. The summed E-state index contributed by atoms with van der Waals surface area (Å²) in [4.78, 5) is -0.139. The van der Waals surface area contributed by atoms with Crippen molar-refractivity contribution in [2.24, 2.45) is 5.92 Å². The van der Waals surface area contributed by atoms with E-state index in [2.05, 4.69) is 0 Å². The smallest absolute Gasteiger partial charge is 0.396 e. The van der Waals surface area contributed by atoms with Gasteiger partial charge in [0.15, 0.2) is 0 Å². The van der Waals surface area contributed by atoms with Crippen LogP contribution in [0.3, 0.4) is 0 Å². The van der Waals surface area contributed by atoms with Crippen molar-refractivity contribution >= 4 is 10.0 Å². The van der Waals surface area contributed by atoms with E-state index < -0.39 is 21.8 Å². The van der Waals surface area contributed by atoms with Gasteiger partial charge in [-0.05, 0) is 43.0 Å². The molecule has 1 heterocycles. The molecule has 2 rings (SSSR count). The van der Waals surface area contributed by atoms with Gasteiger partial charge in [-0.25, -0.2) is 8.42 Å². The molecule has 21 heavy (non-hydrogen) atoms. The molecule has 118 valence electrons. The lowest BCUT2D eigenvalue weighted by molar-refractivity contribution is -0.137. The summed E-state index contributed by atoms with van der Waals surface area (Å²) < 4.78 is 63.3. The number of halogens is 3. The number of alkyl halides is 3. The largest absolute Gasteiger partial charge is 0.416 e. The average molecular weight is 323 g/mol. The van der Waals surface area contributed by atoms with E-state index in [0.29, 0.717) is 25.9 Å². The van der Waals surface area contributed by atoms with Crippen LogP contribution in [0.4, 0.5) is 13.2 Å². The molecule has 1 saturated heterocycles. The van der Waals surface area contributed by atoms with Gasteiger partial charge in [0.2, 0.25) is 10.0 Å². The molecule has 1 N–H and O–H groups in total. The second kappa shape index (κ2) is 5.94. The zero-order valence-corrected chi connectivity index (χ0v) is 12.0. The van der Waals surface area contributed by atoms with Crippen LogP contribution in [0.25, 0.3) is 0 Å². The number of nitrogens with zero attached hydrogens (tertiary/aromatic N) is 1. The molecule has 0 radical (unpaired) electrons. The molecular weight excluding hydrogens is 307 g/mol. The summed E-state index contributed by atoms with van der Waals surface area (Å²) >= 11 is 0. The Balaban J connectivity index is 2.17. The van der Waals surface area contributed by atoms with E-state index in [-0.39, 0.29) is 17.4 Å². The molecule has 1 unspecified atom stereocenters. The number of rotatable bonds is 4. The van der Waals surface area contributed by atoms with Crippen LogP contribution in [-0.4, -0.2) is 37.5 Å². The minimum Gasteiger partial charge on any atom is -0.396 e. The molecule has 1 atom stereocenters. The quantitative estimate of drug-likeness (QED) is 0.923. The van der Waals surface area contributed by atoms with Crippen LogP contribution in [0.15, 0.2) is 29.2 Å². The second-order valence-electron chi connectivity index (χ2n) is 5.05. The van der Waals surface area contributed by atoms with Gasteiger partial charge in [-0.2, -0.15) is 17.5 Å². The first kappa shape index (κ1) is 16.3. The minimum atomic E-state index is -4.48. The van der Waals surface area contributed by atoms with Gasteiger partial charge in [0, 0.05) is 19.7 Å². The molecule has 0 bridgehead atoms. The van der Waals surface area contributed by atoms with Crippen LogP contribution in [0, 0.1) is 5.92 Å². The van der Waals surface area contributed by atoms with E-state index in [1.54, 1.807) is 0 Å². The zero-order valence-electron chi connectivity index (χ0n) is 11.2. The zero-order chi connectivity index (χ0) is 15.7. The van der Waals surface area contributed by atoms with Crippen molar-refractivity contribution in [2.45, 2.75) is 23.9 Å². The molecule has 1 aromatic carbocycles. The first-order valence-electron chi connectivity index (χ1n) is 6.53. The minimum absolute atomic E-state index is 0.00116. The van der Waals surface area contributed by atoms with Crippen molar-refractivity contribution in [3.05, 3.63) is 29.8 Å². The highest BCUT2D eigenvalue weighted by atomic mass is 32.2. The first-order chi connectivity index (χ1) is 9.75. The summed E-state index contributed by atoms with van der Waals surface area (Å²) in [7, 11) is -3.77. The topological polar surface area (TPSA) is 57.6 Å². The molecular formula is C13H16F3NO3S. The molecule has 0 amide bonds. The Morgan fingerprint density at radius 1 is 1.24 bits per heavy atom. The van der Waals surface area contributed by atoms with Crippen molar-refractivity contribution in [3.8, 4) is 0 Å². The van der Waals surface area contributed by atoms with E-state index in [0.717, 1.165) is 24.3 Å². The molecule has 4 nitrogen and oxygen atoms in total.